The van der Waals surface area contributed by atoms with Crippen molar-refractivity contribution in [2.24, 2.45) is 0 Å². The second-order valence-electron chi connectivity index (χ2n) is 5.12. The lowest BCUT2D eigenvalue weighted by molar-refractivity contribution is -0.153. The molecule has 1 aromatic rings. The van der Waals surface area contributed by atoms with E-state index in [1.807, 2.05) is 5.48 Å². The van der Waals surface area contributed by atoms with Gasteiger partial charge in [0.15, 0.2) is 5.13 Å². The molecule has 0 aliphatic carbocycles. The summed E-state index contributed by atoms with van der Waals surface area (Å²) < 4.78 is 0. The van der Waals surface area contributed by atoms with E-state index in [-0.39, 0.29) is 12.2 Å². The molecule has 6 N–H and O–H groups in total. The molecule has 1 aliphatic rings. The first kappa shape index (κ1) is 18.0. The van der Waals surface area contributed by atoms with Crippen LogP contribution in [0.4, 0.5) is 9.93 Å². The average molecular weight is 356 g/mol. The van der Waals surface area contributed by atoms with Crippen LogP contribution in [0.2, 0.25) is 0 Å². The Hall–Kier alpha value is -2.37. The fourth-order valence-corrected chi connectivity index (χ4v) is 2.92. The van der Waals surface area contributed by atoms with Crippen LogP contribution >= 0.6 is 11.3 Å². The SMILES string of the molecule is C=C(NO)C(NC(=O)N1CCN(CC)C(=O)C1O)c1csc(N)n1. The molecule has 0 radical (unpaired) electrons. The lowest BCUT2D eigenvalue weighted by Crippen LogP contribution is -2.60. The van der Waals surface area contributed by atoms with Gasteiger partial charge in [-0.1, -0.05) is 6.58 Å². The van der Waals surface area contributed by atoms with E-state index in [1.54, 1.807) is 12.3 Å². The maximum atomic E-state index is 12.4. The zero-order valence-corrected chi connectivity index (χ0v) is 13.9. The Kier molecular flexibility index (Phi) is 5.59. The highest BCUT2D eigenvalue weighted by atomic mass is 32.1. The summed E-state index contributed by atoms with van der Waals surface area (Å²) in [6.45, 7) is 6.36. The average Bonchev–Trinajstić information content (AvgIpc) is 3.00. The largest absolute Gasteiger partial charge is 0.375 e. The van der Waals surface area contributed by atoms with Gasteiger partial charge in [-0.25, -0.2) is 9.78 Å². The van der Waals surface area contributed by atoms with Crippen molar-refractivity contribution in [3.63, 3.8) is 0 Å². The number of nitrogens with two attached hydrogens (primary N) is 1. The summed E-state index contributed by atoms with van der Waals surface area (Å²) in [6, 6.07) is -1.55. The van der Waals surface area contributed by atoms with Crippen molar-refractivity contribution in [3.05, 3.63) is 23.3 Å². The first-order valence-corrected chi connectivity index (χ1v) is 8.10. The van der Waals surface area contributed by atoms with Crippen LogP contribution in [0.15, 0.2) is 17.7 Å². The molecule has 24 heavy (non-hydrogen) atoms. The number of likely N-dealkylation sites (N-methyl/N-ethyl adjacent to an activating group) is 1. The molecule has 10 nitrogen and oxygen atoms in total. The van der Waals surface area contributed by atoms with E-state index in [0.717, 1.165) is 4.90 Å². The number of carbonyl (C=O) groups is 2. The molecule has 0 bridgehead atoms. The molecule has 1 saturated heterocycles. The quantitative estimate of drug-likeness (QED) is 0.445. The van der Waals surface area contributed by atoms with Gasteiger partial charge in [-0.15, -0.1) is 11.3 Å². The van der Waals surface area contributed by atoms with Crippen molar-refractivity contribution in [1.29, 1.82) is 0 Å². The van der Waals surface area contributed by atoms with Gasteiger partial charge in [0.2, 0.25) is 6.23 Å². The zero-order chi connectivity index (χ0) is 17.9. The third-order valence-electron chi connectivity index (χ3n) is 3.68. The number of nitrogens with one attached hydrogen (secondary N) is 2. The normalized spacial score (nSPS) is 19.1. The number of hydroxylamine groups is 1. The Morgan fingerprint density at radius 1 is 1.62 bits per heavy atom. The zero-order valence-electron chi connectivity index (χ0n) is 13.1. The van der Waals surface area contributed by atoms with Crippen molar-refractivity contribution in [3.8, 4) is 0 Å². The van der Waals surface area contributed by atoms with Gasteiger partial charge in [-0.2, -0.15) is 0 Å². The number of hydrogen-bond acceptors (Lipinski definition) is 8. The third-order valence-corrected chi connectivity index (χ3v) is 4.37. The molecule has 0 spiro atoms. The Bertz CT molecular complexity index is 636. The monoisotopic (exact) mass is 356 g/mol. The van der Waals surface area contributed by atoms with Crippen LogP contribution in [0.25, 0.3) is 0 Å². The van der Waals surface area contributed by atoms with Gasteiger partial charge in [0.05, 0.1) is 11.4 Å². The van der Waals surface area contributed by atoms with Crippen LogP contribution in [0.5, 0.6) is 0 Å². The summed E-state index contributed by atoms with van der Waals surface area (Å²) >= 11 is 1.17. The molecular formula is C13H20N6O4S. The van der Waals surface area contributed by atoms with Crippen molar-refractivity contribution in [1.82, 2.24) is 25.6 Å². The number of rotatable bonds is 5. The predicted octanol–water partition coefficient (Wildman–Crippen LogP) is -0.549. The summed E-state index contributed by atoms with van der Waals surface area (Å²) in [5.74, 6) is -0.535. The van der Waals surface area contributed by atoms with E-state index in [9.17, 15) is 14.7 Å². The van der Waals surface area contributed by atoms with Gasteiger partial charge in [0.25, 0.3) is 5.91 Å². The number of aliphatic hydroxyl groups excluding tert-OH is 1. The van der Waals surface area contributed by atoms with Gasteiger partial charge < -0.3 is 21.1 Å². The summed E-state index contributed by atoms with van der Waals surface area (Å²) in [5, 5.41) is 23.6. The Labute approximate surface area is 142 Å². The lowest BCUT2D eigenvalue weighted by atomic mass is 10.2. The number of nitrogens with zero attached hydrogens (tertiary/aromatic N) is 3. The molecule has 2 rings (SSSR count). The number of amides is 3. The number of urea groups is 1. The molecule has 11 heteroatoms. The van der Waals surface area contributed by atoms with Crippen LogP contribution in [-0.4, -0.2) is 62.9 Å². The fourth-order valence-electron chi connectivity index (χ4n) is 2.33. The standard InChI is InChI=1S/C13H20N6O4S/c1-3-18-4-5-19(11(21)10(18)20)13(22)16-9(7(2)17-23)8-6-24-12(14)15-8/h6,9,11,17,21,23H,2-5H2,1H3,(H2,14,15)(H,16,22). The Morgan fingerprint density at radius 2 is 2.33 bits per heavy atom. The smallest absolute Gasteiger partial charge is 0.320 e. The number of nitrogen functional groups attached to an aromatic ring is 1. The molecule has 0 saturated carbocycles. The molecule has 2 unspecified atom stereocenters. The molecular weight excluding hydrogens is 336 g/mol. The van der Waals surface area contributed by atoms with Crippen LogP contribution in [0.3, 0.4) is 0 Å². The van der Waals surface area contributed by atoms with Crippen molar-refractivity contribution >= 4 is 28.4 Å². The van der Waals surface area contributed by atoms with E-state index in [2.05, 4.69) is 16.9 Å². The highest BCUT2D eigenvalue weighted by molar-refractivity contribution is 7.13. The molecule has 132 valence electrons. The number of aliphatic hydroxyl groups is 1. The van der Waals surface area contributed by atoms with Gasteiger partial charge in [-0.3, -0.25) is 20.4 Å². The second-order valence-corrected chi connectivity index (χ2v) is 6.00. The topological polar surface area (TPSA) is 144 Å². The Morgan fingerprint density at radius 3 is 2.88 bits per heavy atom. The van der Waals surface area contributed by atoms with Gasteiger partial charge in [0.1, 0.15) is 6.04 Å². The number of piperazine rings is 1. The van der Waals surface area contributed by atoms with E-state index in [1.165, 1.54) is 16.2 Å². The van der Waals surface area contributed by atoms with Crippen molar-refractivity contribution < 1.29 is 19.9 Å². The van der Waals surface area contributed by atoms with Gasteiger partial charge in [0, 0.05) is 25.0 Å². The molecule has 3 amide bonds. The minimum absolute atomic E-state index is 0.0710. The molecule has 1 fully saturated rings. The maximum absolute atomic E-state index is 12.4. The Balaban J connectivity index is 2.13. The molecule has 0 aromatic carbocycles. The molecule has 1 aliphatic heterocycles. The minimum atomic E-state index is -1.56. The van der Waals surface area contributed by atoms with Crippen LogP contribution in [-0.2, 0) is 4.79 Å². The first-order valence-electron chi connectivity index (χ1n) is 7.22. The molecule has 1 aromatic heterocycles. The van der Waals surface area contributed by atoms with Crippen LogP contribution in [0, 0.1) is 0 Å². The highest BCUT2D eigenvalue weighted by Gasteiger charge is 2.36. The van der Waals surface area contributed by atoms with Crippen molar-refractivity contribution in [2.45, 2.75) is 19.2 Å². The highest BCUT2D eigenvalue weighted by Crippen LogP contribution is 2.23. The number of carbonyl (C=O) groups excluding carboxylic acids is 2. The summed E-state index contributed by atoms with van der Waals surface area (Å²) in [7, 11) is 0. The maximum Gasteiger partial charge on any atom is 0.320 e. The van der Waals surface area contributed by atoms with Crippen molar-refractivity contribution in [2.75, 3.05) is 25.4 Å². The summed E-state index contributed by atoms with van der Waals surface area (Å²) in [6.07, 6.45) is -1.56. The summed E-state index contributed by atoms with van der Waals surface area (Å²) in [5.41, 5.74) is 7.91. The van der Waals surface area contributed by atoms with E-state index >= 15 is 0 Å². The fraction of sp³-hybridized carbons (Fsp3) is 0.462. The number of hydrogen-bond donors (Lipinski definition) is 5. The predicted molar refractivity (Wildman–Crippen MR) is 86.8 cm³/mol. The first-order chi connectivity index (χ1) is 11.4. The lowest BCUT2D eigenvalue weighted by Gasteiger charge is -2.38. The second kappa shape index (κ2) is 7.47. The number of anilines is 1. The van der Waals surface area contributed by atoms with E-state index < -0.39 is 24.2 Å². The van der Waals surface area contributed by atoms with Gasteiger partial charge >= 0.3 is 6.03 Å². The minimum Gasteiger partial charge on any atom is -0.375 e. The molecule has 2 heterocycles. The van der Waals surface area contributed by atoms with Crippen LogP contribution < -0.4 is 16.5 Å². The van der Waals surface area contributed by atoms with E-state index in [4.69, 9.17) is 10.9 Å². The van der Waals surface area contributed by atoms with E-state index in [0.29, 0.717) is 23.9 Å². The van der Waals surface area contributed by atoms with Gasteiger partial charge in [-0.05, 0) is 6.92 Å². The third kappa shape index (κ3) is 3.58. The molecule has 2 atom stereocenters. The number of aromatic nitrogens is 1. The number of thiazole rings is 1. The summed E-state index contributed by atoms with van der Waals surface area (Å²) in [4.78, 5) is 30.9. The van der Waals surface area contributed by atoms with Crippen LogP contribution in [0.1, 0.15) is 18.7 Å².